The second-order valence-corrected chi connectivity index (χ2v) is 5.27. The molecular weight excluding hydrogens is 238 g/mol. The number of hydrogen-bond acceptors (Lipinski definition) is 2. The number of amides is 1. The number of aromatic nitrogens is 2. The topological polar surface area (TPSA) is 38.1 Å². The Labute approximate surface area is 113 Å². The molecule has 0 N–H and O–H groups in total. The zero-order valence-electron chi connectivity index (χ0n) is 11.3. The van der Waals surface area contributed by atoms with Gasteiger partial charge in [-0.1, -0.05) is 12.8 Å². The van der Waals surface area contributed by atoms with Crippen LogP contribution in [0.1, 0.15) is 36.0 Å². The lowest BCUT2D eigenvalue weighted by atomic mass is 10.1. The summed E-state index contributed by atoms with van der Waals surface area (Å²) in [6.45, 7) is 1.78. The minimum absolute atomic E-state index is 0.148. The van der Waals surface area contributed by atoms with E-state index in [9.17, 15) is 4.79 Å². The predicted molar refractivity (Wildman–Crippen MR) is 75.1 cm³/mol. The van der Waals surface area contributed by atoms with E-state index in [4.69, 9.17) is 0 Å². The van der Waals surface area contributed by atoms with E-state index >= 15 is 0 Å². The van der Waals surface area contributed by atoms with Gasteiger partial charge in [0.15, 0.2) is 0 Å². The van der Waals surface area contributed by atoms with Gasteiger partial charge in [-0.2, -0.15) is 0 Å². The first kappa shape index (κ1) is 12.2. The lowest BCUT2D eigenvalue weighted by Crippen LogP contribution is -2.31. The molecule has 1 aromatic heterocycles. The maximum Gasteiger partial charge on any atom is 0.253 e. The van der Waals surface area contributed by atoms with Gasteiger partial charge in [0.1, 0.15) is 0 Å². The number of benzene rings is 1. The van der Waals surface area contributed by atoms with Crippen molar-refractivity contribution in [1.82, 2.24) is 14.5 Å². The van der Waals surface area contributed by atoms with Crippen LogP contribution >= 0.6 is 0 Å². The predicted octanol–water partition coefficient (Wildman–Crippen LogP) is 2.59. The van der Waals surface area contributed by atoms with Crippen LogP contribution in [0, 0.1) is 0 Å². The third-order valence-electron chi connectivity index (χ3n) is 3.87. The molecule has 4 nitrogen and oxygen atoms in total. The Morgan fingerprint density at radius 1 is 1.16 bits per heavy atom. The Hall–Kier alpha value is -1.84. The fraction of sp³-hybridized carbons (Fsp3) is 0.467. The van der Waals surface area contributed by atoms with Crippen molar-refractivity contribution < 1.29 is 4.79 Å². The molecule has 0 saturated carbocycles. The second kappa shape index (κ2) is 5.03. The Bertz CT molecular complexity index is 594. The van der Waals surface area contributed by atoms with Crippen molar-refractivity contribution in [1.29, 1.82) is 0 Å². The van der Waals surface area contributed by atoms with E-state index in [0.29, 0.717) is 0 Å². The summed E-state index contributed by atoms with van der Waals surface area (Å²) < 4.78 is 1.97. The zero-order chi connectivity index (χ0) is 13.2. The first-order chi connectivity index (χ1) is 9.25. The highest BCUT2D eigenvalue weighted by atomic mass is 16.2. The molecule has 1 fully saturated rings. The van der Waals surface area contributed by atoms with Crippen molar-refractivity contribution >= 4 is 16.9 Å². The Morgan fingerprint density at radius 2 is 1.89 bits per heavy atom. The second-order valence-electron chi connectivity index (χ2n) is 5.27. The van der Waals surface area contributed by atoms with E-state index in [2.05, 4.69) is 4.98 Å². The minimum atomic E-state index is 0.148. The highest BCUT2D eigenvalue weighted by Gasteiger charge is 2.17. The molecule has 19 heavy (non-hydrogen) atoms. The molecule has 2 heterocycles. The smallest absolute Gasteiger partial charge is 0.253 e. The number of carbonyl (C=O) groups excluding carboxylic acids is 1. The summed E-state index contributed by atoms with van der Waals surface area (Å²) in [7, 11) is 1.96. The number of imidazole rings is 1. The molecular formula is C15H19N3O. The van der Waals surface area contributed by atoms with Crippen LogP contribution in [-0.2, 0) is 7.05 Å². The highest BCUT2D eigenvalue weighted by molar-refractivity contribution is 5.97. The van der Waals surface area contributed by atoms with Crippen molar-refractivity contribution in [2.75, 3.05) is 13.1 Å². The maximum atomic E-state index is 12.5. The van der Waals surface area contributed by atoms with E-state index in [1.165, 1.54) is 12.8 Å². The van der Waals surface area contributed by atoms with E-state index < -0.39 is 0 Å². The van der Waals surface area contributed by atoms with Crippen molar-refractivity contribution in [2.45, 2.75) is 25.7 Å². The molecule has 0 radical (unpaired) electrons. The van der Waals surface area contributed by atoms with Crippen LogP contribution in [0.3, 0.4) is 0 Å². The normalized spacial score (nSPS) is 16.6. The summed E-state index contributed by atoms with van der Waals surface area (Å²) in [4.78, 5) is 18.8. The monoisotopic (exact) mass is 257 g/mol. The molecule has 1 aromatic carbocycles. The maximum absolute atomic E-state index is 12.5. The molecule has 1 saturated heterocycles. The molecule has 0 spiro atoms. The van der Waals surface area contributed by atoms with E-state index in [0.717, 1.165) is 42.5 Å². The quantitative estimate of drug-likeness (QED) is 0.787. The highest BCUT2D eigenvalue weighted by Crippen LogP contribution is 2.17. The summed E-state index contributed by atoms with van der Waals surface area (Å²) in [5.74, 6) is 0.148. The Kier molecular flexibility index (Phi) is 3.23. The van der Waals surface area contributed by atoms with Crippen molar-refractivity contribution in [3.8, 4) is 0 Å². The third-order valence-corrected chi connectivity index (χ3v) is 3.87. The third kappa shape index (κ3) is 2.35. The van der Waals surface area contributed by atoms with Gasteiger partial charge in [-0.3, -0.25) is 4.79 Å². The number of likely N-dealkylation sites (tertiary alicyclic amines) is 1. The number of carbonyl (C=O) groups is 1. The number of rotatable bonds is 1. The summed E-state index contributed by atoms with van der Waals surface area (Å²) in [6.07, 6.45) is 6.51. The first-order valence-electron chi connectivity index (χ1n) is 6.96. The number of fused-ring (bicyclic) bond motifs is 1. The number of aryl methyl sites for hydroxylation is 1. The largest absolute Gasteiger partial charge is 0.339 e. The van der Waals surface area contributed by atoms with E-state index in [-0.39, 0.29) is 5.91 Å². The van der Waals surface area contributed by atoms with Crippen LogP contribution in [0.15, 0.2) is 24.5 Å². The average molecular weight is 257 g/mol. The van der Waals surface area contributed by atoms with Crippen molar-refractivity contribution in [3.05, 3.63) is 30.1 Å². The summed E-state index contributed by atoms with van der Waals surface area (Å²) in [5, 5.41) is 0. The number of hydrogen-bond donors (Lipinski definition) is 0. The van der Waals surface area contributed by atoms with Gasteiger partial charge in [-0.05, 0) is 31.0 Å². The molecule has 0 unspecified atom stereocenters. The molecule has 3 rings (SSSR count). The summed E-state index contributed by atoms with van der Waals surface area (Å²) in [6, 6.07) is 5.80. The van der Waals surface area contributed by atoms with Gasteiger partial charge < -0.3 is 9.47 Å². The standard InChI is InChI=1S/C15H19N3O/c1-17-11-16-13-10-12(6-7-14(13)17)15(19)18-8-4-2-3-5-9-18/h6-7,10-11H,2-5,8-9H2,1H3. The summed E-state index contributed by atoms with van der Waals surface area (Å²) >= 11 is 0. The fourth-order valence-electron chi connectivity index (χ4n) is 2.73. The molecule has 4 heteroatoms. The average Bonchev–Trinajstić information content (AvgIpc) is 2.67. The molecule has 0 aliphatic carbocycles. The number of nitrogens with zero attached hydrogens (tertiary/aromatic N) is 3. The molecule has 1 aliphatic rings. The minimum Gasteiger partial charge on any atom is -0.339 e. The van der Waals surface area contributed by atoms with Gasteiger partial charge in [0.2, 0.25) is 0 Å². The van der Waals surface area contributed by atoms with Gasteiger partial charge >= 0.3 is 0 Å². The fourth-order valence-corrected chi connectivity index (χ4v) is 2.73. The van der Waals surface area contributed by atoms with Crippen LogP contribution in [0.2, 0.25) is 0 Å². The SMILES string of the molecule is Cn1cnc2cc(C(=O)N3CCCCCC3)ccc21. The van der Waals surface area contributed by atoms with Crippen molar-refractivity contribution in [2.24, 2.45) is 7.05 Å². The van der Waals surface area contributed by atoms with Crippen LogP contribution in [-0.4, -0.2) is 33.4 Å². The van der Waals surface area contributed by atoms with Crippen LogP contribution in [0.5, 0.6) is 0 Å². The van der Waals surface area contributed by atoms with Gasteiger partial charge in [0.25, 0.3) is 5.91 Å². The molecule has 2 aromatic rings. The van der Waals surface area contributed by atoms with E-state index in [1.807, 2.05) is 34.7 Å². The zero-order valence-corrected chi connectivity index (χ0v) is 11.3. The first-order valence-corrected chi connectivity index (χ1v) is 6.96. The molecule has 0 bridgehead atoms. The Balaban J connectivity index is 1.88. The van der Waals surface area contributed by atoms with Gasteiger partial charge in [0.05, 0.1) is 17.4 Å². The lowest BCUT2D eigenvalue weighted by Gasteiger charge is -2.20. The van der Waals surface area contributed by atoms with Gasteiger partial charge in [-0.25, -0.2) is 4.98 Å². The lowest BCUT2D eigenvalue weighted by molar-refractivity contribution is 0.0762. The molecule has 1 aliphatic heterocycles. The van der Waals surface area contributed by atoms with Crippen LogP contribution in [0.25, 0.3) is 11.0 Å². The molecule has 0 atom stereocenters. The van der Waals surface area contributed by atoms with Crippen LogP contribution < -0.4 is 0 Å². The molecule has 100 valence electrons. The Morgan fingerprint density at radius 3 is 2.63 bits per heavy atom. The van der Waals surface area contributed by atoms with Gasteiger partial charge in [-0.15, -0.1) is 0 Å². The summed E-state index contributed by atoms with van der Waals surface area (Å²) in [5.41, 5.74) is 2.71. The molecule has 1 amide bonds. The van der Waals surface area contributed by atoms with Gasteiger partial charge in [0, 0.05) is 25.7 Å². The van der Waals surface area contributed by atoms with Crippen molar-refractivity contribution in [3.63, 3.8) is 0 Å². The van der Waals surface area contributed by atoms with Crippen LogP contribution in [0.4, 0.5) is 0 Å². The van der Waals surface area contributed by atoms with E-state index in [1.54, 1.807) is 6.33 Å².